The van der Waals surface area contributed by atoms with Crippen molar-refractivity contribution in [1.82, 2.24) is 0 Å². The summed E-state index contributed by atoms with van der Waals surface area (Å²) in [5.74, 6) is 0.594. The van der Waals surface area contributed by atoms with E-state index in [1.165, 1.54) is 12.5 Å². The maximum absolute atomic E-state index is 11.6. The summed E-state index contributed by atoms with van der Waals surface area (Å²) in [7, 11) is 1.58. The number of carbonyl (C=O) groups is 2. The minimum atomic E-state index is -0.535. The predicted octanol–water partition coefficient (Wildman–Crippen LogP) is 4.56. The fraction of sp³-hybridized carbons (Fsp3) is 0.739. The van der Waals surface area contributed by atoms with Crippen molar-refractivity contribution in [3.63, 3.8) is 0 Å². The topological polar surface area (TPSA) is 61.8 Å². The third-order valence-corrected chi connectivity index (χ3v) is 7.79. The van der Waals surface area contributed by atoms with Crippen LogP contribution in [0.4, 0.5) is 0 Å². The second-order valence-electron chi connectivity index (χ2n) is 9.23. The van der Waals surface area contributed by atoms with Crippen LogP contribution in [0.3, 0.4) is 0 Å². The Bertz CT molecular complexity index is 693. The lowest BCUT2D eigenvalue weighted by atomic mass is 9.47. The number of hydrogen-bond donors (Lipinski definition) is 0. The zero-order valence-electron chi connectivity index (χ0n) is 17.9. The molecule has 0 aromatic carbocycles. The molecule has 0 aromatic heterocycles. The molecule has 0 amide bonds. The molecule has 0 saturated heterocycles. The molecule has 1 saturated carbocycles. The average Bonchev–Trinajstić information content (AvgIpc) is 3.02. The normalized spacial score (nSPS) is 37.6. The van der Waals surface area contributed by atoms with Gasteiger partial charge in [0.15, 0.2) is 0 Å². The van der Waals surface area contributed by atoms with E-state index in [2.05, 4.69) is 26.8 Å². The van der Waals surface area contributed by atoms with Crippen LogP contribution in [0.2, 0.25) is 0 Å². The van der Waals surface area contributed by atoms with Crippen molar-refractivity contribution in [3.8, 4) is 0 Å². The lowest BCUT2D eigenvalue weighted by Crippen LogP contribution is -2.50. The quantitative estimate of drug-likeness (QED) is 0.491. The minimum absolute atomic E-state index is 0.0615. The van der Waals surface area contributed by atoms with Gasteiger partial charge in [-0.1, -0.05) is 26.8 Å². The molecular formula is C23H34O5. The Morgan fingerprint density at radius 2 is 2.07 bits per heavy atom. The van der Waals surface area contributed by atoms with E-state index in [4.69, 9.17) is 14.2 Å². The van der Waals surface area contributed by atoms with Crippen molar-refractivity contribution in [2.75, 3.05) is 13.7 Å². The van der Waals surface area contributed by atoms with E-state index in [9.17, 15) is 9.59 Å². The number of allylic oxidation sites excluding steroid dienone is 1. The highest BCUT2D eigenvalue weighted by Crippen LogP contribution is 2.62. The van der Waals surface area contributed by atoms with E-state index < -0.39 is 6.29 Å². The zero-order valence-corrected chi connectivity index (χ0v) is 17.9. The SMILES string of the molecule is COC1OC(=O)C=C1CCC1(C)C(C)CCC2(C)C(COC(C)=O)=CCCC21. The smallest absolute Gasteiger partial charge is 0.333 e. The molecule has 156 valence electrons. The Morgan fingerprint density at radius 1 is 1.32 bits per heavy atom. The number of ether oxygens (including phenoxy) is 3. The van der Waals surface area contributed by atoms with Crippen LogP contribution in [0.1, 0.15) is 66.2 Å². The Labute approximate surface area is 168 Å². The molecule has 0 N–H and O–H groups in total. The summed E-state index contributed by atoms with van der Waals surface area (Å²) in [6.07, 6.45) is 9.63. The standard InChI is InChI=1S/C23H34O5/c1-15-9-11-23(4)18(14-27-16(2)24)7-6-8-19(23)22(15,3)12-10-17-13-20(25)28-21(17)26-5/h7,13,15,19,21H,6,8-12,14H2,1-5H3. The van der Waals surface area contributed by atoms with Crippen LogP contribution < -0.4 is 0 Å². The highest BCUT2D eigenvalue weighted by Gasteiger charge is 2.54. The van der Waals surface area contributed by atoms with Crippen molar-refractivity contribution in [3.05, 3.63) is 23.3 Å². The van der Waals surface area contributed by atoms with Gasteiger partial charge in [-0.25, -0.2) is 4.79 Å². The lowest BCUT2D eigenvalue weighted by Gasteiger charge is -2.58. The number of esters is 2. The molecule has 0 radical (unpaired) electrons. The maximum atomic E-state index is 11.6. The highest BCUT2D eigenvalue weighted by molar-refractivity contribution is 5.85. The monoisotopic (exact) mass is 390 g/mol. The Balaban J connectivity index is 1.80. The fourth-order valence-corrected chi connectivity index (χ4v) is 5.84. The molecule has 2 aliphatic carbocycles. The molecule has 28 heavy (non-hydrogen) atoms. The Morgan fingerprint density at radius 3 is 2.75 bits per heavy atom. The predicted molar refractivity (Wildman–Crippen MR) is 106 cm³/mol. The molecule has 5 heteroatoms. The van der Waals surface area contributed by atoms with Crippen LogP contribution in [0, 0.1) is 22.7 Å². The third kappa shape index (κ3) is 3.78. The van der Waals surface area contributed by atoms with Gasteiger partial charge in [0.05, 0.1) is 0 Å². The molecule has 3 rings (SSSR count). The number of fused-ring (bicyclic) bond motifs is 1. The van der Waals surface area contributed by atoms with Gasteiger partial charge in [0.1, 0.15) is 6.61 Å². The van der Waals surface area contributed by atoms with Crippen molar-refractivity contribution in [1.29, 1.82) is 0 Å². The van der Waals surface area contributed by atoms with E-state index in [1.807, 2.05) is 0 Å². The molecule has 0 bridgehead atoms. The number of hydrogen-bond acceptors (Lipinski definition) is 5. The van der Waals surface area contributed by atoms with Gasteiger partial charge in [-0.05, 0) is 66.8 Å². The minimum Gasteiger partial charge on any atom is -0.461 e. The lowest BCUT2D eigenvalue weighted by molar-refractivity contribution is -0.155. The summed E-state index contributed by atoms with van der Waals surface area (Å²) in [6, 6.07) is 0. The van der Waals surface area contributed by atoms with Gasteiger partial charge in [-0.15, -0.1) is 0 Å². The van der Waals surface area contributed by atoms with E-state index in [1.54, 1.807) is 13.2 Å². The van der Waals surface area contributed by atoms with Crippen LogP contribution in [-0.4, -0.2) is 31.9 Å². The molecule has 1 aliphatic heterocycles. The van der Waals surface area contributed by atoms with Gasteiger partial charge in [-0.3, -0.25) is 4.79 Å². The number of carbonyl (C=O) groups excluding carboxylic acids is 2. The summed E-state index contributed by atoms with van der Waals surface area (Å²) < 4.78 is 15.9. The van der Waals surface area contributed by atoms with Crippen LogP contribution in [0.15, 0.2) is 23.3 Å². The first-order chi connectivity index (χ1) is 13.2. The van der Waals surface area contributed by atoms with Crippen molar-refractivity contribution in [2.24, 2.45) is 22.7 Å². The second-order valence-corrected chi connectivity index (χ2v) is 9.23. The molecule has 5 unspecified atom stereocenters. The summed E-state index contributed by atoms with van der Waals surface area (Å²) >= 11 is 0. The molecule has 3 aliphatic rings. The molecular weight excluding hydrogens is 356 g/mol. The molecule has 5 atom stereocenters. The fourth-order valence-electron chi connectivity index (χ4n) is 5.84. The van der Waals surface area contributed by atoms with Crippen LogP contribution in [-0.2, 0) is 23.8 Å². The summed E-state index contributed by atoms with van der Waals surface area (Å²) in [5, 5.41) is 0. The average molecular weight is 391 g/mol. The second kappa shape index (κ2) is 8.02. The van der Waals surface area contributed by atoms with E-state index in [0.29, 0.717) is 18.4 Å². The number of cyclic esters (lactones) is 1. The number of rotatable bonds is 6. The largest absolute Gasteiger partial charge is 0.461 e. The molecule has 5 nitrogen and oxygen atoms in total. The van der Waals surface area contributed by atoms with Gasteiger partial charge in [0, 0.05) is 25.7 Å². The van der Waals surface area contributed by atoms with Gasteiger partial charge >= 0.3 is 11.9 Å². The van der Waals surface area contributed by atoms with Gasteiger partial charge < -0.3 is 14.2 Å². The Hall–Kier alpha value is -1.62. The number of methoxy groups -OCH3 is 1. The van der Waals surface area contributed by atoms with E-state index in [0.717, 1.165) is 44.1 Å². The van der Waals surface area contributed by atoms with Gasteiger partial charge in [0.2, 0.25) is 6.29 Å². The van der Waals surface area contributed by atoms with E-state index >= 15 is 0 Å². The van der Waals surface area contributed by atoms with Crippen molar-refractivity contribution >= 4 is 11.9 Å². The molecule has 0 spiro atoms. The highest BCUT2D eigenvalue weighted by atomic mass is 16.7. The van der Waals surface area contributed by atoms with Crippen molar-refractivity contribution in [2.45, 2.75) is 72.5 Å². The molecule has 1 fully saturated rings. The molecule has 1 heterocycles. The van der Waals surface area contributed by atoms with Gasteiger partial charge in [0.25, 0.3) is 0 Å². The first-order valence-electron chi connectivity index (χ1n) is 10.5. The van der Waals surface area contributed by atoms with Crippen LogP contribution in [0.5, 0.6) is 0 Å². The summed E-state index contributed by atoms with van der Waals surface area (Å²) in [6.45, 7) is 9.01. The summed E-state index contributed by atoms with van der Waals surface area (Å²) in [4.78, 5) is 23.0. The summed E-state index contributed by atoms with van der Waals surface area (Å²) in [5.41, 5.74) is 2.43. The van der Waals surface area contributed by atoms with Gasteiger partial charge in [-0.2, -0.15) is 0 Å². The Kier molecular flexibility index (Phi) is 6.04. The van der Waals surface area contributed by atoms with E-state index in [-0.39, 0.29) is 22.8 Å². The third-order valence-electron chi connectivity index (χ3n) is 7.79. The first-order valence-corrected chi connectivity index (χ1v) is 10.5. The van der Waals surface area contributed by atoms with Crippen LogP contribution in [0.25, 0.3) is 0 Å². The van der Waals surface area contributed by atoms with Crippen LogP contribution >= 0.6 is 0 Å². The zero-order chi connectivity index (χ0) is 20.5. The van der Waals surface area contributed by atoms with Crippen molar-refractivity contribution < 1.29 is 23.8 Å². The first kappa shape index (κ1) is 21.1. The maximum Gasteiger partial charge on any atom is 0.333 e. The molecule has 0 aromatic rings.